The minimum absolute atomic E-state index is 0.0547. The summed E-state index contributed by atoms with van der Waals surface area (Å²) in [4.78, 5) is 9.26. The predicted molar refractivity (Wildman–Crippen MR) is 142 cm³/mol. The Morgan fingerprint density at radius 1 is 0.853 bits per heavy atom. The lowest BCUT2D eigenvalue weighted by atomic mass is 9.86. The lowest BCUT2D eigenvalue weighted by Crippen LogP contribution is -2.10. The Labute approximate surface area is 206 Å². The molecule has 0 atom stereocenters. The molecule has 0 unspecified atom stereocenters. The van der Waals surface area contributed by atoms with Gasteiger partial charge < -0.3 is 4.42 Å². The summed E-state index contributed by atoms with van der Waals surface area (Å²) in [5, 5.41) is 2.03. The summed E-state index contributed by atoms with van der Waals surface area (Å²) in [5.41, 5.74) is 9.87. The van der Waals surface area contributed by atoms with Crippen LogP contribution in [-0.2, 0) is 6.42 Å². The number of fused-ring (bicyclic) bond motifs is 3. The fourth-order valence-corrected chi connectivity index (χ4v) is 4.92. The van der Waals surface area contributed by atoms with Crippen LogP contribution in [0.3, 0.4) is 0 Å². The molecule has 0 aliphatic rings. The number of furan rings is 1. The van der Waals surface area contributed by atoms with Crippen LogP contribution in [0.25, 0.3) is 44.3 Å². The van der Waals surface area contributed by atoms with Crippen LogP contribution in [0.4, 0.5) is 0 Å². The van der Waals surface area contributed by atoms with Gasteiger partial charge in [0.15, 0.2) is 0 Å². The maximum Gasteiger partial charge on any atom is 0.135 e. The molecule has 0 N–H and O–H groups in total. The molecule has 0 radical (unpaired) electrons. The lowest BCUT2D eigenvalue weighted by Gasteiger charge is -2.20. The van der Waals surface area contributed by atoms with Crippen molar-refractivity contribution >= 4 is 21.9 Å². The average molecular weight is 452 g/mol. The van der Waals surface area contributed by atoms with Gasteiger partial charge in [0, 0.05) is 43.6 Å². The zero-order chi connectivity index (χ0) is 26.7. The molecule has 2 aromatic carbocycles. The van der Waals surface area contributed by atoms with E-state index in [2.05, 4.69) is 68.9 Å². The number of pyridine rings is 2. The highest BCUT2D eigenvalue weighted by molar-refractivity contribution is 6.07. The third-order valence-corrected chi connectivity index (χ3v) is 6.29. The van der Waals surface area contributed by atoms with Crippen molar-refractivity contribution < 1.29 is 8.53 Å². The smallest absolute Gasteiger partial charge is 0.135 e. The van der Waals surface area contributed by atoms with E-state index < -0.39 is 6.85 Å². The summed E-state index contributed by atoms with van der Waals surface area (Å²) in [6, 6.07) is 16.4. The molecule has 3 aromatic heterocycles. The molecule has 0 amide bonds. The minimum Gasteiger partial charge on any atom is -0.456 e. The van der Waals surface area contributed by atoms with E-state index in [9.17, 15) is 0 Å². The third-order valence-electron chi connectivity index (χ3n) is 6.29. The van der Waals surface area contributed by atoms with Gasteiger partial charge in [0.05, 0.1) is 5.69 Å². The van der Waals surface area contributed by atoms with Crippen LogP contribution in [-0.4, -0.2) is 9.97 Å². The van der Waals surface area contributed by atoms with Gasteiger partial charge in [-0.15, -0.1) is 0 Å². The van der Waals surface area contributed by atoms with Gasteiger partial charge in [0.2, 0.25) is 0 Å². The highest BCUT2D eigenvalue weighted by Gasteiger charge is 2.16. The molecular weight excluding hydrogens is 416 g/mol. The predicted octanol–water partition coefficient (Wildman–Crippen LogP) is 8.53. The van der Waals surface area contributed by atoms with Gasteiger partial charge in [0.25, 0.3) is 0 Å². The van der Waals surface area contributed by atoms with Gasteiger partial charge in [0.1, 0.15) is 11.2 Å². The molecule has 0 fully saturated rings. The van der Waals surface area contributed by atoms with Crippen molar-refractivity contribution in [3.63, 3.8) is 0 Å². The number of hydrogen-bond donors (Lipinski definition) is 0. The molecule has 0 aliphatic carbocycles. The summed E-state index contributed by atoms with van der Waals surface area (Å²) in [6.07, 6.45) is 2.18. The van der Waals surface area contributed by atoms with Crippen LogP contribution in [0.1, 0.15) is 53.0 Å². The minimum atomic E-state index is -2.20. The Hall–Kier alpha value is -3.46. The second-order valence-corrected chi connectivity index (χ2v) is 10.5. The van der Waals surface area contributed by atoms with E-state index >= 15 is 0 Å². The van der Waals surface area contributed by atoms with Crippen LogP contribution in [0.15, 0.2) is 59.1 Å². The first-order valence-corrected chi connectivity index (χ1v) is 11.7. The number of aromatic nitrogens is 2. The zero-order valence-corrected chi connectivity index (χ0v) is 20.7. The molecule has 3 heterocycles. The van der Waals surface area contributed by atoms with E-state index in [0.29, 0.717) is 12.0 Å². The summed E-state index contributed by atoms with van der Waals surface area (Å²) in [5.74, 6) is 0. The summed E-state index contributed by atoms with van der Waals surface area (Å²) >= 11 is 0. The number of benzene rings is 2. The second-order valence-electron chi connectivity index (χ2n) is 10.5. The molecular formula is C31H32N2O. The lowest BCUT2D eigenvalue weighted by molar-refractivity contribution is 0.410. The van der Waals surface area contributed by atoms with Gasteiger partial charge in [-0.05, 0) is 104 Å². The molecule has 3 heteroatoms. The Balaban J connectivity index is 1.65. The first-order valence-electron chi connectivity index (χ1n) is 13.2. The quantitative estimate of drug-likeness (QED) is 0.276. The third kappa shape index (κ3) is 4.11. The molecule has 172 valence electrons. The fraction of sp³-hybridized carbons (Fsp3) is 0.290. The molecule has 0 aliphatic heterocycles. The topological polar surface area (TPSA) is 38.9 Å². The van der Waals surface area contributed by atoms with E-state index in [4.69, 9.17) is 8.53 Å². The first kappa shape index (κ1) is 18.9. The Morgan fingerprint density at radius 3 is 2.18 bits per heavy atom. The van der Waals surface area contributed by atoms with Gasteiger partial charge >= 0.3 is 0 Å². The molecule has 0 bridgehead atoms. The summed E-state index contributed by atoms with van der Waals surface area (Å²) in [6.45, 7) is 10.3. The summed E-state index contributed by atoms with van der Waals surface area (Å²) in [7, 11) is 0. The average Bonchev–Trinajstić information content (AvgIpc) is 3.14. The molecule has 3 nitrogen and oxygen atoms in total. The maximum atomic E-state index is 7.98. The monoisotopic (exact) mass is 451 g/mol. The number of aryl methyl sites for hydroxylation is 4. The molecule has 5 aromatic rings. The van der Waals surface area contributed by atoms with E-state index in [-0.39, 0.29) is 5.41 Å². The standard InChI is InChI=1S/C31H32N2O/c1-18-12-20(3)33-21(4)30(18)23-9-11-29-26(14-23)25-13-22(8-10-28(25)34-29)27-15-24(16-31(5,6)7)19(2)17-32-27/h8-15,17H,16H2,1-7H3/i2D3. The van der Waals surface area contributed by atoms with Crippen molar-refractivity contribution in [3.05, 3.63) is 82.8 Å². The first-order chi connectivity index (χ1) is 17.3. The van der Waals surface area contributed by atoms with Gasteiger partial charge in [-0.1, -0.05) is 26.8 Å². The molecule has 34 heavy (non-hydrogen) atoms. The van der Waals surface area contributed by atoms with Crippen LogP contribution < -0.4 is 0 Å². The van der Waals surface area contributed by atoms with Crippen molar-refractivity contribution in [2.45, 2.75) is 54.8 Å². The zero-order valence-electron chi connectivity index (χ0n) is 23.7. The number of rotatable bonds is 3. The van der Waals surface area contributed by atoms with E-state index in [1.165, 1.54) is 11.8 Å². The van der Waals surface area contributed by atoms with Crippen molar-refractivity contribution in [2.75, 3.05) is 0 Å². The van der Waals surface area contributed by atoms with Crippen molar-refractivity contribution in [1.82, 2.24) is 9.97 Å². The van der Waals surface area contributed by atoms with E-state index in [1.807, 2.05) is 31.2 Å². The van der Waals surface area contributed by atoms with Crippen molar-refractivity contribution in [2.24, 2.45) is 5.41 Å². The van der Waals surface area contributed by atoms with Crippen LogP contribution >= 0.6 is 0 Å². The molecule has 0 spiro atoms. The van der Waals surface area contributed by atoms with Gasteiger partial charge in [-0.2, -0.15) is 0 Å². The molecule has 0 saturated carbocycles. The Bertz CT molecular complexity index is 1630. The van der Waals surface area contributed by atoms with Gasteiger partial charge in [-0.25, -0.2) is 0 Å². The maximum absolute atomic E-state index is 7.98. The fourth-order valence-electron chi connectivity index (χ4n) is 4.92. The van der Waals surface area contributed by atoms with Crippen LogP contribution in [0.2, 0.25) is 0 Å². The highest BCUT2D eigenvalue weighted by Crippen LogP contribution is 2.36. The number of hydrogen-bond acceptors (Lipinski definition) is 3. The van der Waals surface area contributed by atoms with Gasteiger partial charge in [-0.3, -0.25) is 9.97 Å². The largest absolute Gasteiger partial charge is 0.456 e. The van der Waals surface area contributed by atoms with Crippen molar-refractivity contribution in [3.8, 4) is 22.4 Å². The van der Waals surface area contributed by atoms with Crippen LogP contribution in [0.5, 0.6) is 0 Å². The van der Waals surface area contributed by atoms with E-state index in [0.717, 1.165) is 61.3 Å². The Kier molecular flexibility index (Phi) is 4.50. The normalized spacial score (nSPS) is 13.8. The molecule has 0 saturated heterocycles. The SMILES string of the molecule is [2H]C([2H])([2H])c1cnc(-c2ccc3oc4ccc(-c5c(C)cc(C)nc5C)cc4c3c2)cc1CC(C)(C)C. The van der Waals surface area contributed by atoms with E-state index in [1.54, 1.807) is 0 Å². The molecule has 5 rings (SSSR count). The van der Waals surface area contributed by atoms with Crippen molar-refractivity contribution in [1.29, 1.82) is 0 Å². The Morgan fingerprint density at radius 2 is 1.53 bits per heavy atom. The highest BCUT2D eigenvalue weighted by atomic mass is 16.3. The van der Waals surface area contributed by atoms with Crippen LogP contribution in [0, 0.1) is 33.0 Å². The second kappa shape index (κ2) is 8.09. The summed E-state index contributed by atoms with van der Waals surface area (Å²) < 4.78 is 30.1. The number of nitrogens with zero attached hydrogens (tertiary/aromatic N) is 2.